The van der Waals surface area contributed by atoms with Gasteiger partial charge in [-0.2, -0.15) is 0 Å². The Morgan fingerprint density at radius 1 is 1.00 bits per heavy atom. The predicted molar refractivity (Wildman–Crippen MR) is 112 cm³/mol. The molecule has 1 aliphatic heterocycles. The Bertz CT molecular complexity index is 848. The van der Waals surface area contributed by atoms with Gasteiger partial charge in [-0.25, -0.2) is 17.5 Å². The topological polar surface area (TPSA) is 114 Å². The lowest BCUT2D eigenvalue weighted by Crippen LogP contribution is -2.42. The maximum Gasteiger partial charge on any atom is 0.240 e. The largest absolute Gasteiger partial charge is 0.376 e. The SMILES string of the molecule is O=C(CNC(=O)C1CCC(CNS(=O)(=O)c2ccc(F)cc2)CC1)NC[C@H]1CCCO1. The molecule has 0 aromatic heterocycles. The van der Waals surface area contributed by atoms with Crippen LogP contribution < -0.4 is 15.4 Å². The maximum absolute atomic E-state index is 13.0. The standard InChI is InChI=1S/C21H30FN3O5S/c22-17-7-9-19(10-8-17)31(28,29)25-12-15-3-5-16(6-4-15)21(27)24-14-20(26)23-13-18-2-1-11-30-18/h7-10,15-16,18,25H,1-6,11-14H2,(H,23,26)(H,24,27)/t15?,16?,18-/m1/s1. The molecule has 0 unspecified atom stereocenters. The lowest BCUT2D eigenvalue weighted by Gasteiger charge is -2.27. The second-order valence-electron chi connectivity index (χ2n) is 8.18. The number of hydrogen-bond acceptors (Lipinski definition) is 5. The lowest BCUT2D eigenvalue weighted by molar-refractivity contribution is -0.129. The van der Waals surface area contributed by atoms with E-state index in [0.29, 0.717) is 19.4 Å². The van der Waals surface area contributed by atoms with E-state index >= 15 is 0 Å². The van der Waals surface area contributed by atoms with Crippen molar-refractivity contribution >= 4 is 21.8 Å². The zero-order valence-corrected chi connectivity index (χ0v) is 18.3. The van der Waals surface area contributed by atoms with Gasteiger partial charge in [0.05, 0.1) is 17.5 Å². The van der Waals surface area contributed by atoms with Crippen LogP contribution in [-0.4, -0.2) is 52.6 Å². The number of rotatable bonds is 9. The summed E-state index contributed by atoms with van der Waals surface area (Å²) in [4.78, 5) is 24.3. The van der Waals surface area contributed by atoms with Crippen LogP contribution in [0.1, 0.15) is 38.5 Å². The van der Waals surface area contributed by atoms with Gasteiger partial charge >= 0.3 is 0 Å². The van der Waals surface area contributed by atoms with Gasteiger partial charge in [-0.15, -0.1) is 0 Å². The Morgan fingerprint density at radius 2 is 1.71 bits per heavy atom. The Balaban J connectivity index is 1.33. The minimum Gasteiger partial charge on any atom is -0.376 e. The molecule has 0 spiro atoms. The fourth-order valence-corrected chi connectivity index (χ4v) is 5.08. The van der Waals surface area contributed by atoms with Crippen molar-refractivity contribution in [2.45, 2.75) is 49.5 Å². The van der Waals surface area contributed by atoms with Gasteiger partial charge in [0.25, 0.3) is 0 Å². The third kappa shape index (κ3) is 7.26. The van der Waals surface area contributed by atoms with Crippen LogP contribution in [0.15, 0.2) is 29.2 Å². The van der Waals surface area contributed by atoms with Crippen molar-refractivity contribution in [3.05, 3.63) is 30.1 Å². The van der Waals surface area contributed by atoms with Crippen molar-refractivity contribution in [2.75, 3.05) is 26.2 Å². The first-order chi connectivity index (χ1) is 14.8. The molecule has 2 aliphatic rings. The van der Waals surface area contributed by atoms with Crippen molar-refractivity contribution in [3.63, 3.8) is 0 Å². The molecule has 31 heavy (non-hydrogen) atoms. The molecule has 1 atom stereocenters. The fourth-order valence-electron chi connectivity index (χ4n) is 3.96. The normalized spacial score (nSPS) is 24.0. The molecule has 3 N–H and O–H groups in total. The highest BCUT2D eigenvalue weighted by Crippen LogP contribution is 2.28. The average molecular weight is 456 g/mol. The Labute approximate surface area is 182 Å². The molecule has 1 saturated heterocycles. The van der Waals surface area contributed by atoms with Gasteiger partial charge in [0.1, 0.15) is 5.82 Å². The zero-order chi connectivity index (χ0) is 22.3. The summed E-state index contributed by atoms with van der Waals surface area (Å²) in [5.41, 5.74) is 0. The summed E-state index contributed by atoms with van der Waals surface area (Å²) in [5.74, 6) is -0.897. The van der Waals surface area contributed by atoms with Gasteiger partial charge in [0.2, 0.25) is 21.8 Å². The molecule has 1 aromatic rings. The van der Waals surface area contributed by atoms with Crippen LogP contribution in [0.5, 0.6) is 0 Å². The predicted octanol–water partition coefficient (Wildman–Crippen LogP) is 1.32. The number of carbonyl (C=O) groups excluding carboxylic acids is 2. The van der Waals surface area contributed by atoms with Gasteiger partial charge in [0.15, 0.2) is 0 Å². The number of sulfonamides is 1. The molecule has 3 rings (SSSR count). The number of benzene rings is 1. The van der Waals surface area contributed by atoms with Crippen LogP contribution in [0.25, 0.3) is 0 Å². The lowest BCUT2D eigenvalue weighted by atomic mass is 9.81. The van der Waals surface area contributed by atoms with Gasteiger partial charge in [-0.05, 0) is 68.7 Å². The quantitative estimate of drug-likeness (QED) is 0.520. The third-order valence-corrected chi connectivity index (χ3v) is 7.32. The summed E-state index contributed by atoms with van der Waals surface area (Å²) < 4.78 is 45.6. The van der Waals surface area contributed by atoms with Crippen LogP contribution in [0.4, 0.5) is 4.39 Å². The van der Waals surface area contributed by atoms with Gasteiger partial charge in [-0.1, -0.05) is 0 Å². The molecule has 1 aromatic carbocycles. The Morgan fingerprint density at radius 3 is 2.35 bits per heavy atom. The summed E-state index contributed by atoms with van der Waals surface area (Å²) in [5, 5.41) is 5.46. The van der Waals surface area contributed by atoms with Crippen molar-refractivity contribution < 1.29 is 27.1 Å². The summed E-state index contributed by atoms with van der Waals surface area (Å²) in [6, 6.07) is 4.69. The van der Waals surface area contributed by atoms with E-state index < -0.39 is 15.8 Å². The van der Waals surface area contributed by atoms with E-state index in [1.807, 2.05) is 0 Å². The van der Waals surface area contributed by atoms with Crippen LogP contribution in [0.3, 0.4) is 0 Å². The maximum atomic E-state index is 13.0. The van der Waals surface area contributed by atoms with Crippen molar-refractivity contribution in [1.29, 1.82) is 0 Å². The van der Waals surface area contributed by atoms with Crippen LogP contribution >= 0.6 is 0 Å². The number of carbonyl (C=O) groups is 2. The number of amides is 2. The molecule has 10 heteroatoms. The second-order valence-corrected chi connectivity index (χ2v) is 9.95. The number of halogens is 1. The first-order valence-electron chi connectivity index (χ1n) is 10.7. The van der Waals surface area contributed by atoms with Crippen LogP contribution in [0.2, 0.25) is 0 Å². The monoisotopic (exact) mass is 455 g/mol. The number of ether oxygens (including phenoxy) is 1. The van der Waals surface area contributed by atoms with Gasteiger partial charge < -0.3 is 15.4 Å². The minimum atomic E-state index is -3.69. The average Bonchev–Trinajstić information content (AvgIpc) is 3.29. The summed E-state index contributed by atoms with van der Waals surface area (Å²) in [6.07, 6.45) is 4.74. The summed E-state index contributed by atoms with van der Waals surface area (Å²) in [7, 11) is -3.69. The van der Waals surface area contributed by atoms with Gasteiger partial charge in [-0.3, -0.25) is 9.59 Å². The highest BCUT2D eigenvalue weighted by molar-refractivity contribution is 7.89. The van der Waals surface area contributed by atoms with Crippen LogP contribution in [-0.2, 0) is 24.3 Å². The van der Waals surface area contributed by atoms with E-state index in [9.17, 15) is 22.4 Å². The Hall–Kier alpha value is -2.04. The molecule has 1 aliphatic carbocycles. The van der Waals surface area contributed by atoms with Crippen molar-refractivity contribution in [1.82, 2.24) is 15.4 Å². The van der Waals surface area contributed by atoms with Crippen LogP contribution in [0, 0.1) is 17.7 Å². The van der Waals surface area contributed by atoms with E-state index in [0.717, 1.165) is 44.4 Å². The molecule has 1 saturated carbocycles. The fraction of sp³-hybridized carbons (Fsp3) is 0.619. The molecule has 2 amide bonds. The molecule has 0 radical (unpaired) electrons. The first kappa shape index (κ1) is 23.6. The van der Waals surface area contributed by atoms with E-state index in [1.54, 1.807) is 0 Å². The molecule has 172 valence electrons. The Kier molecular flexibility index (Phi) is 8.39. The van der Waals surface area contributed by atoms with Gasteiger partial charge in [0, 0.05) is 25.6 Å². The number of hydrogen-bond donors (Lipinski definition) is 3. The molecule has 1 heterocycles. The van der Waals surface area contributed by atoms with E-state index in [4.69, 9.17) is 4.74 Å². The first-order valence-corrected chi connectivity index (χ1v) is 12.2. The molecular weight excluding hydrogens is 425 g/mol. The van der Waals surface area contributed by atoms with E-state index in [2.05, 4.69) is 15.4 Å². The third-order valence-electron chi connectivity index (χ3n) is 5.88. The minimum absolute atomic E-state index is 0.0275. The van der Waals surface area contributed by atoms with E-state index in [-0.39, 0.29) is 47.7 Å². The highest BCUT2D eigenvalue weighted by Gasteiger charge is 2.27. The van der Waals surface area contributed by atoms with E-state index in [1.165, 1.54) is 12.1 Å². The number of nitrogens with one attached hydrogen (secondary N) is 3. The second kappa shape index (κ2) is 11.0. The molecule has 0 bridgehead atoms. The van der Waals surface area contributed by atoms with Crippen molar-refractivity contribution in [2.24, 2.45) is 11.8 Å². The molecular formula is C21H30FN3O5S. The molecule has 2 fully saturated rings. The zero-order valence-electron chi connectivity index (χ0n) is 17.4. The highest BCUT2D eigenvalue weighted by atomic mass is 32.2. The molecule has 8 nitrogen and oxygen atoms in total. The smallest absolute Gasteiger partial charge is 0.240 e. The summed E-state index contributed by atoms with van der Waals surface area (Å²) >= 11 is 0. The van der Waals surface area contributed by atoms with Crippen molar-refractivity contribution in [3.8, 4) is 0 Å². The summed E-state index contributed by atoms with van der Waals surface area (Å²) in [6.45, 7) is 1.42.